The van der Waals surface area contributed by atoms with Crippen LogP contribution >= 0.6 is 15.9 Å². The second-order valence-electron chi connectivity index (χ2n) is 3.51. The Kier molecular flexibility index (Phi) is 3.96. The molecule has 1 aromatic heterocycles. The van der Waals surface area contributed by atoms with Gasteiger partial charge in [0.25, 0.3) is 5.91 Å². The fraction of sp³-hybridized carbons (Fsp3) is 0. The van der Waals surface area contributed by atoms with E-state index in [2.05, 4.69) is 26.8 Å². The first-order chi connectivity index (χ1) is 9.08. The lowest BCUT2D eigenvalue weighted by Gasteiger charge is -2.07. The van der Waals surface area contributed by atoms with Crippen molar-refractivity contribution in [3.8, 4) is 0 Å². The molecule has 1 heterocycles. The van der Waals surface area contributed by atoms with E-state index in [9.17, 15) is 14.0 Å². The number of carbonyl (C=O) groups excluding carboxylic acids is 2. The second kappa shape index (κ2) is 5.66. The van der Waals surface area contributed by atoms with Crippen molar-refractivity contribution in [1.29, 1.82) is 0 Å². The van der Waals surface area contributed by atoms with Crippen LogP contribution in [-0.2, 0) is 0 Å². The Balaban J connectivity index is 2.02. The first-order valence-electron chi connectivity index (χ1n) is 5.17. The van der Waals surface area contributed by atoms with Gasteiger partial charge in [-0.25, -0.2) is 4.39 Å². The van der Waals surface area contributed by atoms with Crippen LogP contribution in [-0.4, -0.2) is 11.8 Å². The molecule has 2 rings (SSSR count). The van der Waals surface area contributed by atoms with Gasteiger partial charge in [0.05, 0.1) is 11.8 Å². The highest BCUT2D eigenvalue weighted by molar-refractivity contribution is 9.10. The monoisotopic (exact) mass is 326 g/mol. The van der Waals surface area contributed by atoms with Gasteiger partial charge in [-0.2, -0.15) is 0 Å². The number of hydrogen-bond donors (Lipinski definition) is 2. The molecule has 0 unspecified atom stereocenters. The van der Waals surface area contributed by atoms with Crippen LogP contribution in [0.15, 0.2) is 45.5 Å². The van der Waals surface area contributed by atoms with Gasteiger partial charge < -0.3 is 4.42 Å². The molecule has 2 N–H and O–H groups in total. The number of rotatable bonds is 2. The summed E-state index contributed by atoms with van der Waals surface area (Å²) >= 11 is 3.12. The maximum Gasteiger partial charge on any atom is 0.305 e. The molecule has 0 saturated heterocycles. The van der Waals surface area contributed by atoms with Crippen molar-refractivity contribution in [2.75, 3.05) is 0 Å². The Morgan fingerprint density at radius 2 is 1.89 bits per heavy atom. The molecule has 7 heteroatoms. The molecule has 1 aromatic carbocycles. The summed E-state index contributed by atoms with van der Waals surface area (Å²) in [5.41, 5.74) is 4.38. The van der Waals surface area contributed by atoms with Crippen molar-refractivity contribution in [1.82, 2.24) is 10.9 Å². The molecular weight excluding hydrogens is 319 g/mol. The molecule has 0 bridgehead atoms. The second-order valence-corrected chi connectivity index (χ2v) is 4.36. The van der Waals surface area contributed by atoms with Gasteiger partial charge in [-0.15, -0.1) is 0 Å². The van der Waals surface area contributed by atoms with E-state index in [1.54, 1.807) is 6.07 Å². The minimum atomic E-state index is -0.647. The molecule has 2 aromatic rings. The van der Waals surface area contributed by atoms with E-state index >= 15 is 0 Å². The van der Waals surface area contributed by atoms with E-state index in [0.29, 0.717) is 4.47 Å². The third-order valence-electron chi connectivity index (χ3n) is 2.21. The Labute approximate surface area is 115 Å². The molecule has 2 amide bonds. The summed E-state index contributed by atoms with van der Waals surface area (Å²) in [4.78, 5) is 23.2. The number of nitrogens with one attached hydrogen (secondary N) is 2. The van der Waals surface area contributed by atoms with Crippen LogP contribution in [0.3, 0.4) is 0 Å². The maximum absolute atomic E-state index is 13.0. The predicted molar refractivity (Wildman–Crippen MR) is 67.7 cm³/mol. The summed E-state index contributed by atoms with van der Waals surface area (Å²) in [6.45, 7) is 0. The number of hydrogen-bond acceptors (Lipinski definition) is 3. The summed E-state index contributed by atoms with van der Waals surface area (Å²) in [6.07, 6.45) is 1.33. The number of furan rings is 1. The number of benzene rings is 1. The highest BCUT2D eigenvalue weighted by Gasteiger charge is 2.13. The highest BCUT2D eigenvalue weighted by Crippen LogP contribution is 2.17. The fourth-order valence-electron chi connectivity index (χ4n) is 1.32. The number of carbonyl (C=O) groups is 2. The summed E-state index contributed by atoms with van der Waals surface area (Å²) in [5, 5.41) is 0. The normalized spacial score (nSPS) is 10.0. The van der Waals surface area contributed by atoms with Gasteiger partial charge in [-0.3, -0.25) is 20.4 Å². The molecule has 0 saturated carbocycles. The Bertz CT molecular complexity index is 613. The summed E-state index contributed by atoms with van der Waals surface area (Å²) in [5.74, 6) is -1.75. The first-order valence-corrected chi connectivity index (χ1v) is 5.96. The highest BCUT2D eigenvalue weighted by atomic mass is 79.9. The maximum atomic E-state index is 13.0. The van der Waals surface area contributed by atoms with Crippen LogP contribution in [0.1, 0.15) is 20.9 Å². The summed E-state index contributed by atoms with van der Waals surface area (Å²) in [6, 6.07) is 6.65. The summed E-state index contributed by atoms with van der Waals surface area (Å²) in [7, 11) is 0. The van der Waals surface area contributed by atoms with Crippen LogP contribution in [0, 0.1) is 5.82 Å². The predicted octanol–water partition coefficient (Wildman–Crippen LogP) is 2.26. The summed E-state index contributed by atoms with van der Waals surface area (Å²) < 4.78 is 18.3. The molecular formula is C12H8BrFN2O3. The van der Waals surface area contributed by atoms with Gasteiger partial charge in [0.1, 0.15) is 5.82 Å². The average Bonchev–Trinajstić information content (AvgIpc) is 2.92. The van der Waals surface area contributed by atoms with Crippen molar-refractivity contribution in [3.05, 3.63) is 58.2 Å². The molecule has 19 heavy (non-hydrogen) atoms. The zero-order valence-electron chi connectivity index (χ0n) is 9.44. The van der Waals surface area contributed by atoms with Crippen molar-refractivity contribution >= 4 is 27.7 Å². The minimum absolute atomic E-state index is 0.0543. The molecule has 0 aliphatic carbocycles. The molecule has 0 aliphatic rings. The van der Waals surface area contributed by atoms with Crippen LogP contribution < -0.4 is 10.9 Å². The fourth-order valence-corrected chi connectivity index (χ4v) is 1.75. The van der Waals surface area contributed by atoms with Crippen LogP contribution in [0.2, 0.25) is 0 Å². The largest absolute Gasteiger partial charge is 0.459 e. The van der Waals surface area contributed by atoms with Gasteiger partial charge in [0.2, 0.25) is 0 Å². The van der Waals surface area contributed by atoms with Gasteiger partial charge >= 0.3 is 5.91 Å². The lowest BCUT2D eigenvalue weighted by Crippen LogP contribution is -2.41. The van der Waals surface area contributed by atoms with Crippen molar-refractivity contribution < 1.29 is 18.4 Å². The van der Waals surface area contributed by atoms with Gasteiger partial charge in [-0.05, 0) is 46.3 Å². The lowest BCUT2D eigenvalue weighted by atomic mass is 10.2. The third-order valence-corrected chi connectivity index (χ3v) is 2.90. The van der Waals surface area contributed by atoms with Gasteiger partial charge in [0.15, 0.2) is 5.76 Å². The molecule has 0 aliphatic heterocycles. The van der Waals surface area contributed by atoms with E-state index < -0.39 is 17.6 Å². The molecule has 5 nitrogen and oxygen atoms in total. The van der Waals surface area contributed by atoms with Gasteiger partial charge in [-0.1, -0.05) is 0 Å². The van der Waals surface area contributed by atoms with Gasteiger partial charge in [0, 0.05) is 4.47 Å². The molecule has 0 fully saturated rings. The Hall–Kier alpha value is -2.15. The van der Waals surface area contributed by atoms with Crippen LogP contribution in [0.4, 0.5) is 4.39 Å². The van der Waals surface area contributed by atoms with E-state index in [1.165, 1.54) is 24.5 Å². The van der Waals surface area contributed by atoms with E-state index in [0.717, 1.165) is 6.07 Å². The van der Waals surface area contributed by atoms with E-state index in [-0.39, 0.29) is 11.3 Å². The van der Waals surface area contributed by atoms with Crippen LogP contribution in [0.5, 0.6) is 0 Å². The Morgan fingerprint density at radius 1 is 1.16 bits per heavy atom. The molecule has 0 atom stereocenters. The first kappa shape index (κ1) is 13.3. The standard InChI is InChI=1S/C12H8BrFN2O3/c13-9-4-3-7(14)6-8(9)11(17)15-16-12(18)10-2-1-5-19-10/h1-6H,(H,15,17)(H,16,18). The average molecular weight is 327 g/mol. The quantitative estimate of drug-likeness (QED) is 0.831. The number of hydrazine groups is 1. The topological polar surface area (TPSA) is 71.3 Å². The molecule has 0 spiro atoms. The van der Waals surface area contributed by atoms with Crippen molar-refractivity contribution in [2.24, 2.45) is 0 Å². The Morgan fingerprint density at radius 3 is 2.58 bits per heavy atom. The van der Waals surface area contributed by atoms with Crippen molar-refractivity contribution in [2.45, 2.75) is 0 Å². The number of halogens is 2. The number of amides is 2. The molecule has 98 valence electrons. The zero-order chi connectivity index (χ0) is 13.8. The molecule has 0 radical (unpaired) electrons. The van der Waals surface area contributed by atoms with Crippen LogP contribution in [0.25, 0.3) is 0 Å². The SMILES string of the molecule is O=C(NNC(=O)c1cc(F)ccc1Br)c1ccco1. The van der Waals surface area contributed by atoms with E-state index in [1.807, 2.05) is 0 Å². The van der Waals surface area contributed by atoms with Crippen molar-refractivity contribution in [3.63, 3.8) is 0 Å². The zero-order valence-corrected chi connectivity index (χ0v) is 11.0. The third kappa shape index (κ3) is 3.19. The van der Waals surface area contributed by atoms with E-state index in [4.69, 9.17) is 4.42 Å². The minimum Gasteiger partial charge on any atom is -0.459 e. The smallest absolute Gasteiger partial charge is 0.305 e. The lowest BCUT2D eigenvalue weighted by molar-refractivity contribution is 0.0830.